The largest absolute Gasteiger partial charge is 0.365 e. The summed E-state index contributed by atoms with van der Waals surface area (Å²) in [5.74, 6) is -0.134. The number of nitrogens with zero attached hydrogens (tertiary/aromatic N) is 5. The maximum absolute atomic E-state index is 11.4. The number of carbonyl (C=O) groups is 1. The molecule has 0 unspecified atom stereocenters. The molecule has 0 aliphatic heterocycles. The minimum atomic E-state index is -0.571. The molecule has 0 saturated heterocycles. The Morgan fingerprint density at radius 2 is 2.30 bits per heavy atom. The Balaban J connectivity index is 2.01. The van der Waals surface area contributed by atoms with Crippen molar-refractivity contribution in [3.8, 4) is 0 Å². The van der Waals surface area contributed by atoms with Crippen molar-refractivity contribution in [3.05, 3.63) is 35.5 Å². The molecule has 0 aromatic carbocycles. The van der Waals surface area contributed by atoms with Gasteiger partial charge in [0.2, 0.25) is 0 Å². The van der Waals surface area contributed by atoms with Crippen molar-refractivity contribution in [3.63, 3.8) is 0 Å². The lowest BCUT2D eigenvalue weighted by Crippen LogP contribution is -2.25. The van der Waals surface area contributed by atoms with E-state index in [2.05, 4.69) is 15.2 Å². The van der Waals surface area contributed by atoms with E-state index in [-0.39, 0.29) is 10.7 Å². The van der Waals surface area contributed by atoms with Crippen LogP contribution in [0.2, 0.25) is 5.15 Å². The van der Waals surface area contributed by atoms with Gasteiger partial charge in [-0.25, -0.2) is 4.98 Å². The number of anilines is 1. The molecule has 0 aliphatic carbocycles. The SMILES string of the molecule is CN(CCCn1ccnc1)c1nnc(Cl)cc1C(N)=O. The number of aromatic nitrogens is 4. The van der Waals surface area contributed by atoms with Gasteiger partial charge in [0, 0.05) is 32.5 Å². The lowest BCUT2D eigenvalue weighted by molar-refractivity contribution is 0.100. The number of nitrogens with two attached hydrogens (primary N) is 1. The molecule has 0 spiro atoms. The molecular formula is C12H15ClN6O. The van der Waals surface area contributed by atoms with Gasteiger partial charge in [-0.2, -0.15) is 0 Å². The van der Waals surface area contributed by atoms with Gasteiger partial charge in [0.25, 0.3) is 5.91 Å². The molecule has 0 aliphatic rings. The highest BCUT2D eigenvalue weighted by molar-refractivity contribution is 6.29. The molecule has 2 rings (SSSR count). The summed E-state index contributed by atoms with van der Waals surface area (Å²) in [6.07, 6.45) is 6.27. The Morgan fingerprint density at radius 1 is 1.50 bits per heavy atom. The normalized spacial score (nSPS) is 10.5. The van der Waals surface area contributed by atoms with Gasteiger partial charge in [-0.05, 0) is 12.5 Å². The van der Waals surface area contributed by atoms with Crippen LogP contribution in [0.3, 0.4) is 0 Å². The maximum Gasteiger partial charge on any atom is 0.252 e. The fourth-order valence-corrected chi connectivity index (χ4v) is 1.99. The van der Waals surface area contributed by atoms with Gasteiger partial charge < -0.3 is 15.2 Å². The second-order valence-electron chi connectivity index (χ2n) is 4.34. The summed E-state index contributed by atoms with van der Waals surface area (Å²) in [7, 11) is 1.83. The van der Waals surface area contributed by atoms with Gasteiger partial charge in [0.1, 0.15) is 0 Å². The van der Waals surface area contributed by atoms with Crippen LogP contribution in [0.15, 0.2) is 24.8 Å². The summed E-state index contributed by atoms with van der Waals surface area (Å²) in [5, 5.41) is 7.84. The summed E-state index contributed by atoms with van der Waals surface area (Å²) < 4.78 is 1.98. The second-order valence-corrected chi connectivity index (χ2v) is 4.73. The van der Waals surface area contributed by atoms with Gasteiger partial charge in [-0.3, -0.25) is 4.79 Å². The zero-order valence-corrected chi connectivity index (χ0v) is 11.8. The fraction of sp³-hybridized carbons (Fsp3) is 0.333. The third kappa shape index (κ3) is 3.45. The van der Waals surface area contributed by atoms with Crippen LogP contribution in [0.1, 0.15) is 16.8 Å². The molecule has 7 nitrogen and oxygen atoms in total. The number of amides is 1. The summed E-state index contributed by atoms with van der Waals surface area (Å²) in [6.45, 7) is 1.53. The second kappa shape index (κ2) is 6.33. The fourth-order valence-electron chi connectivity index (χ4n) is 1.84. The van der Waals surface area contributed by atoms with Crippen LogP contribution < -0.4 is 10.6 Å². The van der Waals surface area contributed by atoms with Crippen molar-refractivity contribution in [1.82, 2.24) is 19.7 Å². The van der Waals surface area contributed by atoms with Gasteiger partial charge in [-0.1, -0.05) is 11.6 Å². The smallest absolute Gasteiger partial charge is 0.252 e. The van der Waals surface area contributed by atoms with Crippen LogP contribution in [0.5, 0.6) is 0 Å². The lowest BCUT2D eigenvalue weighted by Gasteiger charge is -2.19. The number of primary amides is 1. The molecule has 1 amide bonds. The summed E-state index contributed by atoms with van der Waals surface area (Å²) in [5.41, 5.74) is 5.60. The first kappa shape index (κ1) is 14.3. The molecule has 106 valence electrons. The molecule has 0 atom stereocenters. The zero-order valence-electron chi connectivity index (χ0n) is 11.0. The van der Waals surface area contributed by atoms with Gasteiger partial charge >= 0.3 is 0 Å². The first-order valence-corrected chi connectivity index (χ1v) is 6.45. The first-order chi connectivity index (χ1) is 9.58. The van der Waals surface area contributed by atoms with Gasteiger partial charge in [0.05, 0.1) is 11.9 Å². The molecule has 2 N–H and O–H groups in total. The molecule has 2 heterocycles. The average Bonchev–Trinajstić information content (AvgIpc) is 2.91. The van der Waals surface area contributed by atoms with Gasteiger partial charge in [0.15, 0.2) is 11.0 Å². The van der Waals surface area contributed by atoms with E-state index in [0.29, 0.717) is 12.4 Å². The number of imidazole rings is 1. The molecule has 0 bridgehead atoms. The molecule has 0 saturated carbocycles. The predicted octanol–water partition coefficient (Wildman–Crippen LogP) is 0.952. The van der Waals surface area contributed by atoms with E-state index >= 15 is 0 Å². The number of aryl methyl sites for hydroxylation is 1. The number of hydrogen-bond acceptors (Lipinski definition) is 5. The standard InChI is InChI=1S/C12H15ClN6O/c1-18(4-2-5-19-6-3-15-8-19)12-9(11(14)20)7-10(13)16-17-12/h3,6-8H,2,4-5H2,1H3,(H2,14,20). The molecular weight excluding hydrogens is 280 g/mol. The van der Waals surface area contributed by atoms with E-state index in [0.717, 1.165) is 13.0 Å². The first-order valence-electron chi connectivity index (χ1n) is 6.08. The highest BCUT2D eigenvalue weighted by Gasteiger charge is 2.15. The van der Waals surface area contributed by atoms with Crippen LogP contribution in [-0.4, -0.2) is 39.2 Å². The van der Waals surface area contributed by atoms with Crippen LogP contribution >= 0.6 is 11.6 Å². The molecule has 0 fully saturated rings. The van der Waals surface area contributed by atoms with Crippen molar-refractivity contribution in [2.45, 2.75) is 13.0 Å². The van der Waals surface area contributed by atoms with E-state index in [4.69, 9.17) is 17.3 Å². The molecule has 0 radical (unpaired) electrons. The highest BCUT2D eigenvalue weighted by Crippen LogP contribution is 2.18. The third-order valence-electron chi connectivity index (χ3n) is 2.84. The average molecular weight is 295 g/mol. The predicted molar refractivity (Wildman–Crippen MR) is 75.7 cm³/mol. The van der Waals surface area contributed by atoms with Crippen molar-refractivity contribution in [2.75, 3.05) is 18.5 Å². The maximum atomic E-state index is 11.4. The number of rotatable bonds is 6. The van der Waals surface area contributed by atoms with Crippen molar-refractivity contribution in [2.24, 2.45) is 5.73 Å². The van der Waals surface area contributed by atoms with Gasteiger partial charge in [-0.15, -0.1) is 10.2 Å². The van der Waals surface area contributed by atoms with E-state index < -0.39 is 5.91 Å². The summed E-state index contributed by atoms with van der Waals surface area (Å²) in [6, 6.07) is 1.43. The monoisotopic (exact) mass is 294 g/mol. The van der Waals surface area contributed by atoms with Crippen molar-refractivity contribution >= 4 is 23.3 Å². The minimum absolute atomic E-state index is 0.148. The lowest BCUT2D eigenvalue weighted by atomic mass is 10.2. The Labute approximate surface area is 121 Å². The minimum Gasteiger partial charge on any atom is -0.365 e. The number of carbonyl (C=O) groups excluding carboxylic acids is 1. The Hall–Kier alpha value is -2.15. The Bertz CT molecular complexity index is 586. The third-order valence-corrected chi connectivity index (χ3v) is 3.03. The quantitative estimate of drug-likeness (QED) is 0.857. The van der Waals surface area contributed by atoms with E-state index in [1.165, 1.54) is 6.07 Å². The topological polar surface area (TPSA) is 89.9 Å². The Morgan fingerprint density at radius 3 is 2.95 bits per heavy atom. The molecule has 8 heteroatoms. The Kier molecular flexibility index (Phi) is 4.52. The summed E-state index contributed by atoms with van der Waals surface area (Å²) >= 11 is 5.73. The van der Waals surface area contributed by atoms with Crippen molar-refractivity contribution in [1.29, 1.82) is 0 Å². The summed E-state index contributed by atoms with van der Waals surface area (Å²) in [4.78, 5) is 17.2. The number of hydrogen-bond donors (Lipinski definition) is 1. The van der Waals surface area contributed by atoms with Crippen LogP contribution in [0, 0.1) is 0 Å². The molecule has 20 heavy (non-hydrogen) atoms. The van der Waals surface area contributed by atoms with Crippen LogP contribution in [-0.2, 0) is 6.54 Å². The van der Waals surface area contributed by atoms with E-state index in [1.807, 2.05) is 22.7 Å². The van der Waals surface area contributed by atoms with Crippen molar-refractivity contribution < 1.29 is 4.79 Å². The van der Waals surface area contributed by atoms with E-state index in [1.54, 1.807) is 12.5 Å². The number of halogens is 1. The zero-order chi connectivity index (χ0) is 14.5. The highest BCUT2D eigenvalue weighted by atomic mass is 35.5. The molecule has 2 aromatic rings. The van der Waals surface area contributed by atoms with E-state index in [9.17, 15) is 4.79 Å². The molecule has 2 aromatic heterocycles. The van der Waals surface area contributed by atoms with Crippen LogP contribution in [0.4, 0.5) is 5.82 Å². The van der Waals surface area contributed by atoms with Crippen LogP contribution in [0.25, 0.3) is 0 Å².